The average Bonchev–Trinajstić information content (AvgIpc) is 3.04. The summed E-state index contributed by atoms with van der Waals surface area (Å²) < 4.78 is 11.3. The van der Waals surface area contributed by atoms with Crippen LogP contribution in [-0.2, 0) is 6.42 Å². The second-order valence-electron chi connectivity index (χ2n) is 7.04. The van der Waals surface area contributed by atoms with Gasteiger partial charge in [0.15, 0.2) is 5.76 Å². The van der Waals surface area contributed by atoms with Gasteiger partial charge >= 0.3 is 5.97 Å². The number of ether oxygens (including phenoxy) is 2. The van der Waals surface area contributed by atoms with Crippen molar-refractivity contribution in [3.8, 4) is 11.5 Å². The number of allylic oxidation sites excluding steroid dienone is 1. The second kappa shape index (κ2) is 8.17. The zero-order valence-electron chi connectivity index (χ0n) is 16.6. The summed E-state index contributed by atoms with van der Waals surface area (Å²) in [5.41, 5.74) is 3.65. The van der Waals surface area contributed by atoms with Gasteiger partial charge in [0.1, 0.15) is 11.5 Å². The lowest BCUT2D eigenvalue weighted by atomic mass is 10.0. The van der Waals surface area contributed by atoms with Gasteiger partial charge in [-0.2, -0.15) is 0 Å². The Kier molecular flexibility index (Phi) is 5.42. The maximum atomic E-state index is 12.8. The van der Waals surface area contributed by atoms with Crippen molar-refractivity contribution in [2.24, 2.45) is 0 Å². The van der Waals surface area contributed by atoms with Gasteiger partial charge in [-0.3, -0.25) is 4.79 Å². The van der Waals surface area contributed by atoms with Crippen molar-refractivity contribution in [1.82, 2.24) is 0 Å². The number of benzene rings is 3. The molecule has 0 fully saturated rings. The smallest absolute Gasteiger partial charge is 0.343 e. The molecule has 0 saturated carbocycles. The fraction of sp³-hybridized carbons (Fsp3) is 0.120. The lowest BCUT2D eigenvalue weighted by Gasteiger charge is -2.08. The van der Waals surface area contributed by atoms with Crippen molar-refractivity contribution in [1.29, 1.82) is 0 Å². The number of Topliss-reactive ketones (excluding diaryl/α,β-unsaturated/α-hetero) is 1. The molecule has 0 amide bonds. The van der Waals surface area contributed by atoms with Crippen molar-refractivity contribution in [3.05, 3.63) is 99.3 Å². The van der Waals surface area contributed by atoms with E-state index in [1.165, 1.54) is 5.56 Å². The SMILES string of the molecule is CCc1ccc(/C=C2\Oc3cc(OC(=O)c4ccc(Cl)cc4)cc(C)c3C2=O)cc1. The quantitative estimate of drug-likeness (QED) is 0.294. The lowest BCUT2D eigenvalue weighted by Crippen LogP contribution is -2.08. The van der Waals surface area contributed by atoms with Crippen LogP contribution in [-0.4, -0.2) is 11.8 Å². The van der Waals surface area contributed by atoms with E-state index in [4.69, 9.17) is 21.1 Å². The van der Waals surface area contributed by atoms with Crippen molar-refractivity contribution >= 4 is 29.4 Å². The Hall–Kier alpha value is -3.37. The highest BCUT2D eigenvalue weighted by Gasteiger charge is 2.30. The number of fused-ring (bicyclic) bond motifs is 1. The standard InChI is InChI=1S/C25H19ClO4/c1-3-16-4-6-17(7-5-16)13-22-24(27)23-15(2)12-20(14-21(23)30-22)29-25(28)18-8-10-19(26)11-9-18/h4-14H,3H2,1-2H3/b22-13-. The van der Waals surface area contributed by atoms with Gasteiger partial charge in [0.25, 0.3) is 0 Å². The van der Waals surface area contributed by atoms with E-state index in [2.05, 4.69) is 6.92 Å². The molecule has 3 aromatic rings. The Morgan fingerprint density at radius 1 is 1.07 bits per heavy atom. The van der Waals surface area contributed by atoms with Crippen LogP contribution in [0, 0.1) is 6.92 Å². The number of hydrogen-bond donors (Lipinski definition) is 0. The van der Waals surface area contributed by atoms with Crippen LogP contribution in [0.4, 0.5) is 0 Å². The highest BCUT2D eigenvalue weighted by Crippen LogP contribution is 2.37. The molecule has 0 atom stereocenters. The van der Waals surface area contributed by atoms with Crippen LogP contribution < -0.4 is 9.47 Å². The molecule has 0 unspecified atom stereocenters. The molecule has 0 aliphatic carbocycles. The van der Waals surface area contributed by atoms with E-state index in [0.717, 1.165) is 12.0 Å². The molecule has 4 rings (SSSR count). The number of esters is 1. The van der Waals surface area contributed by atoms with Gasteiger partial charge in [-0.1, -0.05) is 42.8 Å². The predicted molar refractivity (Wildman–Crippen MR) is 116 cm³/mol. The van der Waals surface area contributed by atoms with E-state index in [0.29, 0.717) is 33.2 Å². The molecular formula is C25H19ClO4. The first kappa shape index (κ1) is 19.9. The van der Waals surface area contributed by atoms with Crippen molar-refractivity contribution in [3.63, 3.8) is 0 Å². The maximum absolute atomic E-state index is 12.8. The first-order chi connectivity index (χ1) is 14.4. The molecule has 4 nitrogen and oxygen atoms in total. The molecule has 1 aliphatic rings. The number of rotatable bonds is 4. The molecule has 0 N–H and O–H groups in total. The van der Waals surface area contributed by atoms with Gasteiger partial charge in [-0.05, 0) is 66.4 Å². The van der Waals surface area contributed by atoms with Gasteiger partial charge in [0.2, 0.25) is 5.78 Å². The summed E-state index contributed by atoms with van der Waals surface area (Å²) in [4.78, 5) is 25.2. The van der Waals surface area contributed by atoms with Crippen LogP contribution in [0.3, 0.4) is 0 Å². The number of ketones is 1. The normalized spacial score (nSPS) is 13.8. The van der Waals surface area contributed by atoms with Gasteiger partial charge in [0, 0.05) is 11.1 Å². The monoisotopic (exact) mass is 418 g/mol. The van der Waals surface area contributed by atoms with Crippen LogP contribution in [0.15, 0.2) is 66.4 Å². The third kappa shape index (κ3) is 4.00. The highest BCUT2D eigenvalue weighted by molar-refractivity contribution is 6.30. The average molecular weight is 419 g/mol. The van der Waals surface area contributed by atoms with Crippen LogP contribution in [0.2, 0.25) is 5.02 Å². The number of carbonyl (C=O) groups is 2. The van der Waals surface area contributed by atoms with Crippen molar-refractivity contribution < 1.29 is 19.1 Å². The van der Waals surface area contributed by atoms with Crippen molar-refractivity contribution in [2.45, 2.75) is 20.3 Å². The minimum atomic E-state index is -0.512. The van der Waals surface area contributed by atoms with Crippen molar-refractivity contribution in [2.75, 3.05) is 0 Å². The molecular weight excluding hydrogens is 400 g/mol. The molecule has 0 saturated heterocycles. The number of carbonyl (C=O) groups excluding carboxylic acids is 2. The minimum absolute atomic E-state index is 0.183. The fourth-order valence-electron chi connectivity index (χ4n) is 3.29. The Morgan fingerprint density at radius 2 is 1.77 bits per heavy atom. The van der Waals surface area contributed by atoms with Gasteiger partial charge in [-0.25, -0.2) is 4.79 Å². The summed E-state index contributed by atoms with van der Waals surface area (Å²) in [5, 5.41) is 0.537. The molecule has 150 valence electrons. The summed E-state index contributed by atoms with van der Waals surface area (Å²) in [6, 6.07) is 17.6. The van der Waals surface area contributed by atoms with E-state index >= 15 is 0 Å². The molecule has 0 bridgehead atoms. The number of aryl methyl sites for hydroxylation is 2. The van der Waals surface area contributed by atoms with E-state index in [9.17, 15) is 9.59 Å². The molecule has 0 radical (unpaired) electrons. The summed E-state index contributed by atoms with van der Waals surface area (Å²) >= 11 is 5.86. The molecule has 30 heavy (non-hydrogen) atoms. The maximum Gasteiger partial charge on any atom is 0.343 e. The number of halogens is 1. The molecule has 3 aromatic carbocycles. The third-order valence-corrected chi connectivity index (χ3v) is 5.17. The highest BCUT2D eigenvalue weighted by atomic mass is 35.5. The molecule has 0 spiro atoms. The molecule has 5 heteroatoms. The lowest BCUT2D eigenvalue weighted by molar-refractivity contribution is 0.0734. The predicted octanol–water partition coefficient (Wildman–Crippen LogP) is 6.05. The Bertz CT molecular complexity index is 1160. The van der Waals surface area contributed by atoms with Gasteiger partial charge in [-0.15, -0.1) is 0 Å². The van der Waals surface area contributed by atoms with Crippen LogP contribution in [0.5, 0.6) is 11.5 Å². The first-order valence-corrected chi connectivity index (χ1v) is 9.98. The molecule has 1 heterocycles. The van der Waals surface area contributed by atoms with E-state index in [1.807, 2.05) is 24.3 Å². The van der Waals surface area contributed by atoms with Crippen LogP contribution >= 0.6 is 11.6 Å². The van der Waals surface area contributed by atoms with Gasteiger partial charge in [0.05, 0.1) is 11.1 Å². The van der Waals surface area contributed by atoms with Gasteiger partial charge < -0.3 is 9.47 Å². The Balaban J connectivity index is 1.58. The summed E-state index contributed by atoms with van der Waals surface area (Å²) in [6.45, 7) is 3.88. The Morgan fingerprint density at radius 3 is 2.43 bits per heavy atom. The van der Waals surface area contributed by atoms with Crippen LogP contribution in [0.1, 0.15) is 44.3 Å². The van der Waals surface area contributed by atoms with E-state index < -0.39 is 5.97 Å². The third-order valence-electron chi connectivity index (χ3n) is 4.92. The largest absolute Gasteiger partial charge is 0.452 e. The van der Waals surface area contributed by atoms with Crippen LogP contribution in [0.25, 0.3) is 6.08 Å². The summed E-state index contributed by atoms with van der Waals surface area (Å²) in [6.07, 6.45) is 2.68. The second-order valence-corrected chi connectivity index (χ2v) is 7.48. The Labute approximate surface area is 179 Å². The minimum Gasteiger partial charge on any atom is -0.452 e. The zero-order chi connectivity index (χ0) is 21.3. The molecule has 1 aliphatic heterocycles. The summed E-state index contributed by atoms with van der Waals surface area (Å²) in [5.74, 6) is 0.251. The summed E-state index contributed by atoms with van der Waals surface area (Å²) in [7, 11) is 0. The van der Waals surface area contributed by atoms with E-state index in [1.54, 1.807) is 49.4 Å². The number of hydrogen-bond acceptors (Lipinski definition) is 4. The first-order valence-electron chi connectivity index (χ1n) is 9.60. The van der Waals surface area contributed by atoms with E-state index in [-0.39, 0.29) is 11.5 Å². The zero-order valence-corrected chi connectivity index (χ0v) is 17.3. The topological polar surface area (TPSA) is 52.6 Å². The fourth-order valence-corrected chi connectivity index (χ4v) is 3.42. The molecule has 0 aromatic heterocycles.